The molecule has 1 amide bonds. The Kier molecular flexibility index (Phi) is 3.08. The Morgan fingerprint density at radius 3 is 2.82 bits per heavy atom. The van der Waals surface area contributed by atoms with Gasteiger partial charge in [0.05, 0.1) is 4.92 Å². The second kappa shape index (κ2) is 4.53. The predicted molar refractivity (Wildman–Crippen MR) is 62.4 cm³/mol. The molecule has 90 valence electrons. The van der Waals surface area contributed by atoms with Gasteiger partial charge < -0.3 is 5.32 Å². The van der Waals surface area contributed by atoms with Crippen LogP contribution < -0.4 is 5.32 Å². The summed E-state index contributed by atoms with van der Waals surface area (Å²) >= 11 is 0. The molecular formula is C12H14N2O3. The molecule has 1 fully saturated rings. The average Bonchev–Trinajstić information content (AvgIpc) is 3.10. The smallest absolute Gasteiger partial charge is 0.272 e. The van der Waals surface area contributed by atoms with Crippen molar-refractivity contribution in [2.24, 2.45) is 5.92 Å². The van der Waals surface area contributed by atoms with Gasteiger partial charge in [-0.2, -0.15) is 0 Å². The fourth-order valence-corrected chi connectivity index (χ4v) is 1.73. The number of carbonyl (C=O) groups is 1. The van der Waals surface area contributed by atoms with E-state index in [1.807, 2.05) is 0 Å². The van der Waals surface area contributed by atoms with Gasteiger partial charge in [0.1, 0.15) is 0 Å². The summed E-state index contributed by atoms with van der Waals surface area (Å²) in [5.41, 5.74) is 1.52. The van der Waals surface area contributed by atoms with Crippen LogP contribution in [0.5, 0.6) is 0 Å². The van der Waals surface area contributed by atoms with E-state index in [0.717, 1.165) is 18.4 Å². The first-order valence-corrected chi connectivity index (χ1v) is 5.60. The number of rotatable bonds is 4. The SMILES string of the molecule is Cc1c(CNC(=O)C2CC2)cccc1[N+](=O)[O-]. The summed E-state index contributed by atoms with van der Waals surface area (Å²) in [5.74, 6) is 0.213. The topological polar surface area (TPSA) is 72.2 Å². The van der Waals surface area contributed by atoms with Crippen LogP contribution in [0.1, 0.15) is 24.0 Å². The van der Waals surface area contributed by atoms with Crippen molar-refractivity contribution in [2.75, 3.05) is 0 Å². The molecule has 0 spiro atoms. The summed E-state index contributed by atoms with van der Waals surface area (Å²) in [5, 5.41) is 13.6. The molecule has 0 aromatic heterocycles. The van der Waals surface area contributed by atoms with E-state index in [9.17, 15) is 14.9 Å². The lowest BCUT2D eigenvalue weighted by Crippen LogP contribution is -2.24. The van der Waals surface area contributed by atoms with Gasteiger partial charge in [0.25, 0.3) is 5.69 Å². The van der Waals surface area contributed by atoms with Gasteiger partial charge in [-0.25, -0.2) is 0 Å². The lowest BCUT2D eigenvalue weighted by molar-refractivity contribution is -0.385. The summed E-state index contributed by atoms with van der Waals surface area (Å²) in [7, 11) is 0. The van der Waals surface area contributed by atoms with E-state index in [1.54, 1.807) is 19.1 Å². The molecule has 1 aromatic carbocycles. The normalized spacial score (nSPS) is 14.4. The van der Waals surface area contributed by atoms with Gasteiger partial charge in [-0.05, 0) is 25.3 Å². The van der Waals surface area contributed by atoms with Crippen LogP contribution in [0.3, 0.4) is 0 Å². The van der Waals surface area contributed by atoms with Gasteiger partial charge in [-0.1, -0.05) is 12.1 Å². The van der Waals surface area contributed by atoms with Gasteiger partial charge in [0.2, 0.25) is 5.91 Å². The van der Waals surface area contributed by atoms with Gasteiger partial charge >= 0.3 is 0 Å². The van der Waals surface area contributed by atoms with Crippen molar-refractivity contribution in [1.82, 2.24) is 5.32 Å². The van der Waals surface area contributed by atoms with E-state index < -0.39 is 4.92 Å². The Morgan fingerprint density at radius 1 is 1.53 bits per heavy atom. The minimum absolute atomic E-state index is 0.0518. The quantitative estimate of drug-likeness (QED) is 0.639. The molecule has 1 N–H and O–H groups in total. The van der Waals surface area contributed by atoms with E-state index in [-0.39, 0.29) is 17.5 Å². The zero-order valence-corrected chi connectivity index (χ0v) is 9.60. The molecule has 1 aromatic rings. The Labute approximate surface area is 99.0 Å². The molecule has 0 unspecified atom stereocenters. The van der Waals surface area contributed by atoms with Crippen molar-refractivity contribution in [3.05, 3.63) is 39.4 Å². The molecule has 2 rings (SSSR count). The molecule has 1 aliphatic carbocycles. The summed E-state index contributed by atoms with van der Waals surface area (Å²) < 4.78 is 0. The molecule has 0 radical (unpaired) electrons. The zero-order chi connectivity index (χ0) is 12.4. The average molecular weight is 234 g/mol. The first kappa shape index (κ1) is 11.6. The third-order valence-corrected chi connectivity index (χ3v) is 3.02. The van der Waals surface area contributed by atoms with E-state index in [0.29, 0.717) is 12.1 Å². The van der Waals surface area contributed by atoms with Crippen LogP contribution in [-0.2, 0) is 11.3 Å². The van der Waals surface area contributed by atoms with Crippen LogP contribution in [-0.4, -0.2) is 10.8 Å². The van der Waals surface area contributed by atoms with Crippen molar-refractivity contribution in [3.63, 3.8) is 0 Å². The van der Waals surface area contributed by atoms with E-state index in [1.165, 1.54) is 6.07 Å². The van der Waals surface area contributed by atoms with Crippen molar-refractivity contribution >= 4 is 11.6 Å². The van der Waals surface area contributed by atoms with Crippen molar-refractivity contribution in [2.45, 2.75) is 26.3 Å². The maximum absolute atomic E-state index is 11.5. The molecule has 0 atom stereocenters. The second-order valence-electron chi connectivity index (χ2n) is 4.31. The monoisotopic (exact) mass is 234 g/mol. The second-order valence-corrected chi connectivity index (χ2v) is 4.31. The van der Waals surface area contributed by atoms with Gasteiger partial charge in [-0.15, -0.1) is 0 Å². The van der Waals surface area contributed by atoms with E-state index >= 15 is 0 Å². The highest BCUT2D eigenvalue weighted by atomic mass is 16.6. The Morgan fingerprint density at radius 2 is 2.24 bits per heavy atom. The third kappa shape index (κ3) is 2.61. The number of nitro groups is 1. The van der Waals surface area contributed by atoms with Crippen LogP contribution in [0.15, 0.2) is 18.2 Å². The van der Waals surface area contributed by atoms with E-state index in [2.05, 4.69) is 5.32 Å². The number of hydrogen-bond acceptors (Lipinski definition) is 3. The largest absolute Gasteiger partial charge is 0.352 e. The van der Waals surface area contributed by atoms with Crippen molar-refractivity contribution < 1.29 is 9.72 Å². The highest BCUT2D eigenvalue weighted by molar-refractivity contribution is 5.80. The molecule has 5 heteroatoms. The Bertz CT molecular complexity index is 467. The number of benzene rings is 1. The molecule has 0 bridgehead atoms. The summed E-state index contributed by atoms with van der Waals surface area (Å²) in [6.07, 6.45) is 1.92. The first-order valence-electron chi connectivity index (χ1n) is 5.60. The van der Waals surface area contributed by atoms with Gasteiger partial charge in [-0.3, -0.25) is 14.9 Å². The molecule has 17 heavy (non-hydrogen) atoms. The number of hydrogen-bond donors (Lipinski definition) is 1. The standard InChI is InChI=1S/C12H14N2O3/c1-8-10(3-2-4-11(8)14(16)17)7-13-12(15)9-5-6-9/h2-4,9H,5-7H2,1H3,(H,13,15). The van der Waals surface area contributed by atoms with Gasteiger partial charge in [0, 0.05) is 24.1 Å². The molecule has 0 aliphatic heterocycles. The first-order chi connectivity index (χ1) is 8.09. The minimum atomic E-state index is -0.401. The molecule has 0 heterocycles. The van der Waals surface area contributed by atoms with Crippen molar-refractivity contribution in [3.8, 4) is 0 Å². The molecule has 5 nitrogen and oxygen atoms in total. The maximum atomic E-state index is 11.5. The lowest BCUT2D eigenvalue weighted by Gasteiger charge is -2.07. The number of nitrogens with zero attached hydrogens (tertiary/aromatic N) is 1. The summed E-state index contributed by atoms with van der Waals surface area (Å²) in [6.45, 7) is 2.07. The predicted octanol–water partition coefficient (Wildman–Crippen LogP) is 1.93. The highest BCUT2D eigenvalue weighted by Crippen LogP contribution is 2.29. The number of nitrogens with one attached hydrogen (secondary N) is 1. The van der Waals surface area contributed by atoms with Crippen LogP contribution in [0.4, 0.5) is 5.69 Å². The van der Waals surface area contributed by atoms with Crippen LogP contribution >= 0.6 is 0 Å². The molecule has 1 saturated carbocycles. The number of nitro benzene ring substituents is 1. The van der Waals surface area contributed by atoms with Crippen molar-refractivity contribution in [1.29, 1.82) is 0 Å². The Hall–Kier alpha value is -1.91. The lowest BCUT2D eigenvalue weighted by atomic mass is 10.1. The third-order valence-electron chi connectivity index (χ3n) is 3.02. The highest BCUT2D eigenvalue weighted by Gasteiger charge is 2.29. The summed E-state index contributed by atoms with van der Waals surface area (Å²) in [4.78, 5) is 21.8. The number of carbonyl (C=O) groups excluding carboxylic acids is 1. The number of amides is 1. The van der Waals surface area contributed by atoms with E-state index in [4.69, 9.17) is 0 Å². The van der Waals surface area contributed by atoms with Gasteiger partial charge in [0.15, 0.2) is 0 Å². The fraction of sp³-hybridized carbons (Fsp3) is 0.417. The maximum Gasteiger partial charge on any atom is 0.272 e. The molecule has 0 saturated heterocycles. The van der Waals surface area contributed by atoms with Crippen LogP contribution in [0, 0.1) is 23.0 Å². The fourth-order valence-electron chi connectivity index (χ4n) is 1.73. The molecular weight excluding hydrogens is 220 g/mol. The van der Waals surface area contributed by atoms with Crippen LogP contribution in [0.25, 0.3) is 0 Å². The summed E-state index contributed by atoms with van der Waals surface area (Å²) in [6, 6.07) is 4.92. The Balaban J connectivity index is 2.07. The molecule has 1 aliphatic rings. The minimum Gasteiger partial charge on any atom is -0.352 e. The van der Waals surface area contributed by atoms with Crippen LogP contribution in [0.2, 0.25) is 0 Å². The zero-order valence-electron chi connectivity index (χ0n) is 9.60.